The number of benzene rings is 1. The minimum Gasteiger partial charge on any atom is -0.394 e. The van der Waals surface area contributed by atoms with Gasteiger partial charge in [-0.3, -0.25) is 14.2 Å². The largest absolute Gasteiger partial charge is 0.394 e. The van der Waals surface area contributed by atoms with E-state index in [4.69, 9.17) is 31.5 Å². The second-order valence-electron chi connectivity index (χ2n) is 13.3. The molecule has 0 spiro atoms. The molecule has 4 atom stereocenters. The number of nitrogens with zero attached hydrogens (tertiary/aromatic N) is 2. The first-order valence-corrected chi connectivity index (χ1v) is 17.7. The molecule has 274 valence electrons. The van der Waals surface area contributed by atoms with Crippen molar-refractivity contribution in [2.24, 2.45) is 0 Å². The number of unbranched alkanes of at least 4 members (excludes halogenated alkanes) is 3. The van der Waals surface area contributed by atoms with E-state index < -0.39 is 42.2 Å². The van der Waals surface area contributed by atoms with Gasteiger partial charge in [0, 0.05) is 37.2 Å². The number of aromatic nitrogens is 2. The molecule has 0 aliphatic carbocycles. The number of carbonyl (C=O) groups excluding carboxylic acids is 2. The van der Waals surface area contributed by atoms with E-state index in [-0.39, 0.29) is 35.9 Å². The Morgan fingerprint density at radius 2 is 1.78 bits per heavy atom. The van der Waals surface area contributed by atoms with E-state index in [1.54, 1.807) is 24.3 Å². The topological polar surface area (TPSA) is 187 Å². The van der Waals surface area contributed by atoms with Crippen LogP contribution in [0.3, 0.4) is 0 Å². The van der Waals surface area contributed by atoms with Crippen molar-refractivity contribution in [2.45, 2.75) is 115 Å². The summed E-state index contributed by atoms with van der Waals surface area (Å²) in [7, 11) is 0. The Balaban J connectivity index is 1.40. The number of hydrogen-bond donors (Lipinski definition) is 5. The molecule has 2 unspecified atom stereocenters. The number of rotatable bonds is 21. The molecule has 0 saturated carbocycles. The van der Waals surface area contributed by atoms with Gasteiger partial charge in [0.1, 0.15) is 18.1 Å². The number of ether oxygens (including phenoxy) is 3. The van der Waals surface area contributed by atoms with Crippen LogP contribution >= 0.6 is 11.6 Å². The Morgan fingerprint density at radius 3 is 2.43 bits per heavy atom. The number of nitrogens with one attached hydrogen (secondary N) is 2. The summed E-state index contributed by atoms with van der Waals surface area (Å²) in [4.78, 5) is 41.7. The van der Waals surface area contributed by atoms with Crippen LogP contribution in [-0.4, -0.2) is 87.2 Å². The lowest BCUT2D eigenvalue weighted by Gasteiger charge is -2.32. The number of carbonyl (C=O) groups is 2. The van der Waals surface area contributed by atoms with Gasteiger partial charge >= 0.3 is 5.69 Å². The number of amides is 2. The van der Waals surface area contributed by atoms with Crippen molar-refractivity contribution in [3.8, 4) is 0 Å². The Morgan fingerprint density at radius 1 is 1.06 bits per heavy atom. The molecular weight excluding hydrogens is 654 g/mol. The zero-order chi connectivity index (χ0) is 36.0. The monoisotopic (exact) mass is 707 g/mol. The molecule has 1 saturated heterocycles. The standard InChI is InChI=1S/C35H54ClN5O8/c1-5-35(4,14-8-6-7-9-16-36)48-18-15-34(2,3)47-19-17-38-31(44)25-12-10-24(11-13-25)21-39-32(45)26-22-41(33(46)40-30(26)37)29-20-27(43)28(23-42)49-29/h10-13,22,27-29,42-43H,5-9,14-21,23H2,1-4H3,(H,38,44)(H,39,45)(H2,37,40,46)/t27?,28-,29-,35?/m1/s1. The maximum Gasteiger partial charge on any atom is 0.351 e. The first kappa shape index (κ1) is 40.4. The van der Waals surface area contributed by atoms with Crippen LogP contribution in [0.15, 0.2) is 35.3 Å². The van der Waals surface area contributed by atoms with Gasteiger partial charge in [0.25, 0.3) is 11.8 Å². The number of nitrogens with two attached hydrogens (primary N) is 1. The van der Waals surface area contributed by atoms with Crippen LogP contribution in [0.25, 0.3) is 0 Å². The zero-order valence-corrected chi connectivity index (χ0v) is 30.0. The second-order valence-corrected chi connectivity index (χ2v) is 13.7. The van der Waals surface area contributed by atoms with E-state index in [1.165, 1.54) is 12.6 Å². The fourth-order valence-electron chi connectivity index (χ4n) is 5.47. The van der Waals surface area contributed by atoms with Crippen LogP contribution in [-0.2, 0) is 20.8 Å². The number of anilines is 1. The Kier molecular flexibility index (Phi) is 15.9. The number of nitrogen functional groups attached to an aromatic ring is 1. The summed E-state index contributed by atoms with van der Waals surface area (Å²) < 4.78 is 18.9. The number of halogens is 1. The fraction of sp³-hybridized carbons (Fsp3) is 0.657. The molecule has 1 aromatic heterocycles. The van der Waals surface area contributed by atoms with E-state index >= 15 is 0 Å². The van der Waals surface area contributed by atoms with Crippen LogP contribution in [0.2, 0.25) is 0 Å². The number of hydrogen-bond acceptors (Lipinski definition) is 10. The van der Waals surface area contributed by atoms with Crippen molar-refractivity contribution in [1.29, 1.82) is 0 Å². The van der Waals surface area contributed by atoms with E-state index in [0.717, 1.165) is 54.5 Å². The van der Waals surface area contributed by atoms with Gasteiger partial charge in [-0.1, -0.05) is 38.3 Å². The van der Waals surface area contributed by atoms with Crippen molar-refractivity contribution in [3.05, 3.63) is 57.6 Å². The lowest BCUT2D eigenvalue weighted by Crippen LogP contribution is -2.35. The molecule has 49 heavy (non-hydrogen) atoms. The van der Waals surface area contributed by atoms with E-state index in [1.807, 2.05) is 13.8 Å². The highest BCUT2D eigenvalue weighted by Gasteiger charge is 2.35. The highest BCUT2D eigenvalue weighted by molar-refractivity contribution is 6.17. The normalized spacial score (nSPS) is 19.0. The summed E-state index contributed by atoms with van der Waals surface area (Å²) >= 11 is 5.78. The van der Waals surface area contributed by atoms with Crippen molar-refractivity contribution >= 4 is 29.2 Å². The summed E-state index contributed by atoms with van der Waals surface area (Å²) in [5.41, 5.74) is 5.72. The van der Waals surface area contributed by atoms with Crippen LogP contribution < -0.4 is 22.1 Å². The quantitative estimate of drug-likeness (QED) is 0.0946. The van der Waals surface area contributed by atoms with Crippen molar-refractivity contribution < 1.29 is 34.0 Å². The van der Waals surface area contributed by atoms with Gasteiger partial charge in [-0.05, 0) is 64.2 Å². The zero-order valence-electron chi connectivity index (χ0n) is 29.2. The van der Waals surface area contributed by atoms with E-state index in [0.29, 0.717) is 25.3 Å². The number of aliphatic hydroxyl groups excluding tert-OH is 2. The third-order valence-electron chi connectivity index (χ3n) is 8.96. The van der Waals surface area contributed by atoms with Gasteiger partial charge in [0.05, 0.1) is 42.7 Å². The minimum absolute atomic E-state index is 0.0389. The first-order valence-electron chi connectivity index (χ1n) is 17.1. The van der Waals surface area contributed by atoms with Gasteiger partial charge in [0.15, 0.2) is 0 Å². The highest BCUT2D eigenvalue weighted by Crippen LogP contribution is 2.28. The second kappa shape index (κ2) is 19.4. The maximum atomic E-state index is 12.9. The predicted molar refractivity (Wildman–Crippen MR) is 188 cm³/mol. The van der Waals surface area contributed by atoms with Crippen LogP contribution in [0, 0.1) is 0 Å². The Bertz CT molecular complexity index is 1410. The van der Waals surface area contributed by atoms with E-state index in [2.05, 4.69) is 29.5 Å². The molecule has 14 heteroatoms. The smallest absolute Gasteiger partial charge is 0.351 e. The van der Waals surface area contributed by atoms with Crippen LogP contribution in [0.5, 0.6) is 0 Å². The van der Waals surface area contributed by atoms with E-state index in [9.17, 15) is 24.6 Å². The molecule has 2 heterocycles. The maximum absolute atomic E-state index is 12.9. The van der Waals surface area contributed by atoms with Crippen LogP contribution in [0.1, 0.15) is 112 Å². The molecule has 0 radical (unpaired) electrons. The lowest BCUT2D eigenvalue weighted by atomic mass is 9.94. The minimum atomic E-state index is -0.965. The molecule has 3 rings (SSSR count). The fourth-order valence-corrected chi connectivity index (χ4v) is 5.66. The SMILES string of the molecule is CCC(C)(CCCCCCCl)OCCC(C)(C)OCCNC(=O)c1ccc(CNC(=O)c2cn([C@H]3CC(O)[C@@H](CO)O3)c(=O)nc2N)cc1. The first-order chi connectivity index (χ1) is 23.3. The molecule has 1 fully saturated rings. The van der Waals surface area contributed by atoms with Gasteiger partial charge < -0.3 is 40.8 Å². The third-order valence-corrected chi connectivity index (χ3v) is 9.23. The lowest BCUT2D eigenvalue weighted by molar-refractivity contribution is -0.0821. The average Bonchev–Trinajstić information content (AvgIpc) is 3.45. The Labute approximate surface area is 293 Å². The van der Waals surface area contributed by atoms with Crippen molar-refractivity contribution in [1.82, 2.24) is 20.2 Å². The predicted octanol–water partition coefficient (Wildman–Crippen LogP) is 3.69. The summed E-state index contributed by atoms with van der Waals surface area (Å²) in [6, 6.07) is 6.78. The Hall–Kier alpha value is -3.07. The molecular formula is C35H54ClN5O8. The highest BCUT2D eigenvalue weighted by atomic mass is 35.5. The molecule has 1 aliphatic heterocycles. The molecule has 2 amide bonds. The third kappa shape index (κ3) is 12.6. The summed E-state index contributed by atoms with van der Waals surface area (Å²) in [6.07, 6.45) is 5.80. The average molecular weight is 708 g/mol. The molecule has 1 aromatic carbocycles. The van der Waals surface area contributed by atoms with Gasteiger partial charge in [-0.2, -0.15) is 4.98 Å². The molecule has 6 N–H and O–H groups in total. The molecule has 13 nitrogen and oxygen atoms in total. The molecule has 2 aromatic rings. The summed E-state index contributed by atoms with van der Waals surface area (Å²) in [6.45, 7) is 9.39. The van der Waals surface area contributed by atoms with Crippen LogP contribution in [0.4, 0.5) is 5.82 Å². The van der Waals surface area contributed by atoms with Gasteiger partial charge in [0.2, 0.25) is 0 Å². The summed E-state index contributed by atoms with van der Waals surface area (Å²) in [5.74, 6) is -0.339. The van der Waals surface area contributed by atoms with Crippen molar-refractivity contribution in [3.63, 3.8) is 0 Å². The van der Waals surface area contributed by atoms with Gasteiger partial charge in [-0.25, -0.2) is 4.79 Å². The number of alkyl halides is 1. The number of aliphatic hydroxyl groups is 2. The summed E-state index contributed by atoms with van der Waals surface area (Å²) in [5, 5.41) is 25.0. The van der Waals surface area contributed by atoms with Crippen molar-refractivity contribution in [2.75, 3.05) is 38.0 Å². The molecule has 1 aliphatic rings. The van der Waals surface area contributed by atoms with Gasteiger partial charge in [-0.15, -0.1) is 11.6 Å². The molecule has 0 bridgehead atoms.